The SMILES string of the molecule is CCCc1ncc(C(=O)NCC2(CO)CC2)s1. The highest BCUT2D eigenvalue weighted by molar-refractivity contribution is 7.13. The Hall–Kier alpha value is -0.940. The van der Waals surface area contributed by atoms with E-state index in [1.54, 1.807) is 6.20 Å². The van der Waals surface area contributed by atoms with E-state index in [4.69, 9.17) is 5.11 Å². The minimum Gasteiger partial charge on any atom is -0.396 e. The number of aryl methyl sites for hydroxylation is 1. The predicted molar refractivity (Wildman–Crippen MR) is 67.2 cm³/mol. The monoisotopic (exact) mass is 254 g/mol. The number of amides is 1. The second kappa shape index (κ2) is 5.14. The zero-order chi connectivity index (χ0) is 12.3. The summed E-state index contributed by atoms with van der Waals surface area (Å²) in [5.74, 6) is -0.0652. The molecule has 0 saturated heterocycles. The summed E-state index contributed by atoms with van der Waals surface area (Å²) < 4.78 is 0. The molecule has 2 rings (SSSR count). The molecule has 5 heteroatoms. The Kier molecular flexibility index (Phi) is 3.79. The molecule has 0 aromatic carbocycles. The smallest absolute Gasteiger partial charge is 0.263 e. The van der Waals surface area contributed by atoms with Crippen LogP contribution in [-0.4, -0.2) is 29.1 Å². The van der Waals surface area contributed by atoms with Crippen molar-refractivity contribution in [3.8, 4) is 0 Å². The summed E-state index contributed by atoms with van der Waals surface area (Å²) in [4.78, 5) is 16.7. The first-order valence-corrected chi connectivity index (χ1v) is 6.84. The van der Waals surface area contributed by atoms with Gasteiger partial charge in [-0.3, -0.25) is 4.79 Å². The summed E-state index contributed by atoms with van der Waals surface area (Å²) in [6.45, 7) is 2.83. The molecule has 17 heavy (non-hydrogen) atoms. The third-order valence-corrected chi connectivity index (χ3v) is 4.21. The fourth-order valence-electron chi connectivity index (χ4n) is 1.67. The Morgan fingerprint density at radius 2 is 2.41 bits per heavy atom. The van der Waals surface area contributed by atoms with Crippen LogP contribution in [0.5, 0.6) is 0 Å². The van der Waals surface area contributed by atoms with Crippen molar-refractivity contribution < 1.29 is 9.90 Å². The van der Waals surface area contributed by atoms with Crippen LogP contribution in [-0.2, 0) is 6.42 Å². The van der Waals surface area contributed by atoms with Crippen molar-refractivity contribution in [1.29, 1.82) is 0 Å². The fraction of sp³-hybridized carbons (Fsp3) is 0.667. The number of hydrogen-bond acceptors (Lipinski definition) is 4. The van der Waals surface area contributed by atoms with Gasteiger partial charge >= 0.3 is 0 Å². The topological polar surface area (TPSA) is 62.2 Å². The molecule has 1 aromatic rings. The minimum atomic E-state index is -0.0652. The van der Waals surface area contributed by atoms with Crippen LogP contribution < -0.4 is 5.32 Å². The van der Waals surface area contributed by atoms with Gasteiger partial charge in [0.1, 0.15) is 4.88 Å². The molecular weight excluding hydrogens is 236 g/mol. The normalized spacial score (nSPS) is 16.8. The van der Waals surface area contributed by atoms with E-state index in [1.807, 2.05) is 0 Å². The fourth-order valence-corrected chi connectivity index (χ4v) is 2.60. The van der Waals surface area contributed by atoms with Crippen LogP contribution in [0, 0.1) is 5.41 Å². The minimum absolute atomic E-state index is 0.0351. The van der Waals surface area contributed by atoms with Crippen molar-refractivity contribution in [3.05, 3.63) is 16.1 Å². The molecule has 0 atom stereocenters. The number of rotatable bonds is 6. The van der Waals surface area contributed by atoms with Gasteiger partial charge in [-0.25, -0.2) is 4.98 Å². The van der Waals surface area contributed by atoms with Gasteiger partial charge in [0, 0.05) is 12.0 Å². The molecule has 1 amide bonds. The highest BCUT2D eigenvalue weighted by Gasteiger charge is 2.42. The highest BCUT2D eigenvalue weighted by atomic mass is 32.1. The average Bonchev–Trinajstić information content (AvgIpc) is 2.98. The Balaban J connectivity index is 1.86. The molecule has 1 aliphatic carbocycles. The number of thiazole rings is 1. The number of nitrogens with zero attached hydrogens (tertiary/aromatic N) is 1. The lowest BCUT2D eigenvalue weighted by molar-refractivity contribution is 0.0939. The Morgan fingerprint density at radius 3 is 3.00 bits per heavy atom. The number of aliphatic hydroxyl groups excluding tert-OH is 1. The zero-order valence-electron chi connectivity index (χ0n) is 10.0. The van der Waals surface area contributed by atoms with Gasteiger partial charge in [0.2, 0.25) is 0 Å². The second-order valence-corrected chi connectivity index (χ2v) is 5.82. The van der Waals surface area contributed by atoms with Gasteiger partial charge in [-0.2, -0.15) is 0 Å². The van der Waals surface area contributed by atoms with Crippen LogP contribution in [0.15, 0.2) is 6.20 Å². The number of carbonyl (C=O) groups is 1. The molecule has 1 heterocycles. The molecule has 0 spiro atoms. The Labute approximate surface area is 105 Å². The Morgan fingerprint density at radius 1 is 1.65 bits per heavy atom. The van der Waals surface area contributed by atoms with Gasteiger partial charge in [-0.1, -0.05) is 6.92 Å². The number of carbonyl (C=O) groups excluding carboxylic acids is 1. The van der Waals surface area contributed by atoms with E-state index in [2.05, 4.69) is 17.2 Å². The van der Waals surface area contributed by atoms with Crippen LogP contribution in [0.3, 0.4) is 0 Å². The molecule has 1 saturated carbocycles. The first-order valence-electron chi connectivity index (χ1n) is 6.03. The summed E-state index contributed by atoms with van der Waals surface area (Å²) in [5.41, 5.74) is -0.0351. The molecule has 1 fully saturated rings. The number of nitrogens with one attached hydrogen (secondary N) is 1. The van der Waals surface area contributed by atoms with Crippen LogP contribution in [0.25, 0.3) is 0 Å². The van der Waals surface area contributed by atoms with Gasteiger partial charge in [-0.05, 0) is 25.7 Å². The van der Waals surface area contributed by atoms with Crippen LogP contribution in [0.4, 0.5) is 0 Å². The zero-order valence-corrected chi connectivity index (χ0v) is 10.8. The maximum Gasteiger partial charge on any atom is 0.263 e. The summed E-state index contributed by atoms with van der Waals surface area (Å²) in [7, 11) is 0. The molecule has 0 bridgehead atoms. The van der Waals surface area contributed by atoms with Gasteiger partial charge in [0.15, 0.2) is 0 Å². The molecule has 0 radical (unpaired) electrons. The molecule has 0 unspecified atom stereocenters. The third kappa shape index (κ3) is 3.04. The standard InChI is InChI=1S/C12H18N2O2S/c1-2-3-10-13-6-9(17-10)11(16)14-7-12(8-15)4-5-12/h6,15H,2-5,7-8H2,1H3,(H,14,16). The quantitative estimate of drug-likeness (QED) is 0.810. The Bertz CT molecular complexity index is 399. The van der Waals surface area contributed by atoms with E-state index in [1.165, 1.54) is 11.3 Å². The van der Waals surface area contributed by atoms with Crippen molar-refractivity contribution in [2.45, 2.75) is 32.6 Å². The summed E-state index contributed by atoms with van der Waals surface area (Å²) in [6, 6.07) is 0. The van der Waals surface area contributed by atoms with Gasteiger partial charge in [0.25, 0.3) is 5.91 Å². The van der Waals surface area contributed by atoms with E-state index in [0.717, 1.165) is 30.7 Å². The van der Waals surface area contributed by atoms with Crippen LogP contribution >= 0.6 is 11.3 Å². The molecule has 0 aliphatic heterocycles. The molecule has 1 aromatic heterocycles. The van der Waals surface area contributed by atoms with E-state index in [0.29, 0.717) is 11.4 Å². The summed E-state index contributed by atoms with van der Waals surface area (Å²) in [6.07, 6.45) is 5.63. The predicted octanol–water partition coefficient (Wildman–Crippen LogP) is 1.60. The van der Waals surface area contributed by atoms with Crippen molar-refractivity contribution in [3.63, 3.8) is 0 Å². The van der Waals surface area contributed by atoms with Crippen molar-refractivity contribution >= 4 is 17.2 Å². The number of hydrogen-bond donors (Lipinski definition) is 2. The van der Waals surface area contributed by atoms with Crippen molar-refractivity contribution in [2.24, 2.45) is 5.41 Å². The van der Waals surface area contributed by atoms with E-state index >= 15 is 0 Å². The van der Waals surface area contributed by atoms with E-state index < -0.39 is 0 Å². The largest absolute Gasteiger partial charge is 0.396 e. The van der Waals surface area contributed by atoms with E-state index in [9.17, 15) is 4.79 Å². The van der Waals surface area contributed by atoms with Crippen molar-refractivity contribution in [2.75, 3.05) is 13.2 Å². The lowest BCUT2D eigenvalue weighted by Gasteiger charge is -2.11. The van der Waals surface area contributed by atoms with Gasteiger partial charge < -0.3 is 10.4 Å². The van der Waals surface area contributed by atoms with Crippen molar-refractivity contribution in [1.82, 2.24) is 10.3 Å². The van der Waals surface area contributed by atoms with Gasteiger partial charge in [-0.15, -0.1) is 11.3 Å². The second-order valence-electron chi connectivity index (χ2n) is 4.71. The average molecular weight is 254 g/mol. The van der Waals surface area contributed by atoms with Crippen LogP contribution in [0.2, 0.25) is 0 Å². The molecular formula is C12H18N2O2S. The first-order chi connectivity index (χ1) is 8.19. The highest BCUT2D eigenvalue weighted by Crippen LogP contribution is 2.44. The lowest BCUT2D eigenvalue weighted by Crippen LogP contribution is -2.31. The third-order valence-electron chi connectivity index (χ3n) is 3.16. The number of aromatic nitrogens is 1. The number of aliphatic hydroxyl groups is 1. The summed E-state index contributed by atoms with van der Waals surface area (Å²) in [5, 5.41) is 13.0. The van der Waals surface area contributed by atoms with Gasteiger partial charge in [0.05, 0.1) is 17.8 Å². The van der Waals surface area contributed by atoms with Crippen LogP contribution in [0.1, 0.15) is 40.9 Å². The molecule has 94 valence electrons. The first kappa shape index (κ1) is 12.5. The maximum absolute atomic E-state index is 11.8. The molecule has 1 aliphatic rings. The summed E-state index contributed by atoms with van der Waals surface area (Å²) >= 11 is 1.46. The maximum atomic E-state index is 11.8. The molecule has 2 N–H and O–H groups in total. The van der Waals surface area contributed by atoms with E-state index in [-0.39, 0.29) is 17.9 Å². The molecule has 4 nitrogen and oxygen atoms in total. The lowest BCUT2D eigenvalue weighted by atomic mass is 10.1.